The van der Waals surface area contributed by atoms with Crippen LogP contribution in [0.15, 0.2) is 47.3 Å². The lowest BCUT2D eigenvalue weighted by Gasteiger charge is -2.02. The van der Waals surface area contributed by atoms with Gasteiger partial charge in [0.15, 0.2) is 0 Å². The molecule has 0 amide bonds. The average molecular weight is 317 g/mol. The summed E-state index contributed by atoms with van der Waals surface area (Å²) >= 11 is 6.14. The van der Waals surface area contributed by atoms with Gasteiger partial charge in [-0.3, -0.25) is 4.68 Å². The molecule has 0 radical (unpaired) electrons. The van der Waals surface area contributed by atoms with Crippen LogP contribution in [0.3, 0.4) is 0 Å². The van der Waals surface area contributed by atoms with Gasteiger partial charge in [-0.1, -0.05) is 23.7 Å². The zero-order valence-corrected chi connectivity index (χ0v) is 13.0. The van der Waals surface area contributed by atoms with Gasteiger partial charge in [0.25, 0.3) is 0 Å². The van der Waals surface area contributed by atoms with Gasteiger partial charge in [-0.05, 0) is 24.6 Å². The number of nitrogens with zero attached hydrogens (tertiary/aromatic N) is 3. The van der Waals surface area contributed by atoms with Crippen LogP contribution in [0.5, 0.6) is 0 Å². The fourth-order valence-electron chi connectivity index (χ4n) is 2.15. The topological polar surface area (TPSA) is 55.9 Å². The molecule has 0 bridgehead atoms. The van der Waals surface area contributed by atoms with Crippen molar-refractivity contribution in [2.75, 3.05) is 6.54 Å². The second-order valence-corrected chi connectivity index (χ2v) is 5.49. The zero-order chi connectivity index (χ0) is 15.4. The molecule has 0 saturated heterocycles. The van der Waals surface area contributed by atoms with Crippen molar-refractivity contribution in [2.24, 2.45) is 0 Å². The molecule has 0 aliphatic carbocycles. The van der Waals surface area contributed by atoms with E-state index in [1.54, 1.807) is 6.26 Å². The number of halogens is 1. The predicted octanol–water partition coefficient (Wildman–Crippen LogP) is 3.29. The van der Waals surface area contributed by atoms with Gasteiger partial charge in [-0.15, -0.1) is 0 Å². The predicted molar refractivity (Wildman–Crippen MR) is 85.6 cm³/mol. The summed E-state index contributed by atoms with van der Waals surface area (Å²) in [6.45, 7) is 4.31. The van der Waals surface area contributed by atoms with Crippen LogP contribution in [-0.2, 0) is 13.1 Å². The van der Waals surface area contributed by atoms with Gasteiger partial charge in [0.1, 0.15) is 6.26 Å². The highest BCUT2D eigenvalue weighted by Gasteiger charge is 2.09. The lowest BCUT2D eigenvalue weighted by Crippen LogP contribution is -2.19. The maximum Gasteiger partial charge on any atom is 0.227 e. The Hall–Kier alpha value is -2.11. The molecule has 0 saturated carbocycles. The summed E-state index contributed by atoms with van der Waals surface area (Å²) < 4.78 is 7.41. The van der Waals surface area contributed by atoms with Gasteiger partial charge in [0, 0.05) is 19.3 Å². The quantitative estimate of drug-likeness (QED) is 0.709. The smallest absolute Gasteiger partial charge is 0.227 e. The van der Waals surface area contributed by atoms with E-state index in [9.17, 15) is 0 Å². The van der Waals surface area contributed by atoms with Gasteiger partial charge in [0.05, 0.1) is 29.0 Å². The molecule has 0 fully saturated rings. The standard InChI is InChI=1S/C16H17ClN4O/c1-12-8-19-21(10-12)7-6-18-9-13-11-22-16(20-13)14-4-2-3-5-15(14)17/h2-5,8,10-11,18H,6-7,9H2,1H3. The average Bonchev–Trinajstić information content (AvgIpc) is 3.13. The maximum atomic E-state index is 6.14. The normalized spacial score (nSPS) is 11.0. The molecule has 3 aromatic rings. The third-order valence-corrected chi connectivity index (χ3v) is 3.57. The summed E-state index contributed by atoms with van der Waals surface area (Å²) in [6, 6.07) is 7.51. The molecule has 1 aromatic carbocycles. The highest BCUT2D eigenvalue weighted by molar-refractivity contribution is 6.33. The van der Waals surface area contributed by atoms with Crippen molar-refractivity contribution in [1.82, 2.24) is 20.1 Å². The maximum absolute atomic E-state index is 6.14. The number of benzene rings is 1. The molecule has 1 N–H and O–H groups in total. The van der Waals surface area contributed by atoms with E-state index in [0.717, 1.165) is 24.3 Å². The fraction of sp³-hybridized carbons (Fsp3) is 0.250. The van der Waals surface area contributed by atoms with E-state index in [1.807, 2.05) is 48.3 Å². The number of nitrogens with one attached hydrogen (secondary N) is 1. The van der Waals surface area contributed by atoms with Crippen molar-refractivity contribution in [1.29, 1.82) is 0 Å². The van der Waals surface area contributed by atoms with Gasteiger partial charge in [-0.2, -0.15) is 5.10 Å². The minimum absolute atomic E-state index is 0.546. The summed E-state index contributed by atoms with van der Waals surface area (Å²) in [5.74, 6) is 0.546. The van der Waals surface area contributed by atoms with Gasteiger partial charge in [0.2, 0.25) is 5.89 Å². The Morgan fingerprint density at radius 1 is 1.32 bits per heavy atom. The summed E-state index contributed by atoms with van der Waals surface area (Å²) in [4.78, 5) is 4.45. The number of aryl methyl sites for hydroxylation is 1. The summed E-state index contributed by atoms with van der Waals surface area (Å²) in [6.07, 6.45) is 5.53. The van der Waals surface area contributed by atoms with E-state index in [-0.39, 0.29) is 0 Å². The van der Waals surface area contributed by atoms with Crippen LogP contribution in [0.1, 0.15) is 11.3 Å². The molecular formula is C16H17ClN4O. The zero-order valence-electron chi connectivity index (χ0n) is 12.3. The molecule has 5 nitrogen and oxygen atoms in total. The Labute approximate surface area is 133 Å². The molecule has 0 unspecified atom stereocenters. The molecule has 3 rings (SSSR count). The monoisotopic (exact) mass is 316 g/mol. The number of hydrogen-bond donors (Lipinski definition) is 1. The molecule has 0 atom stereocenters. The third kappa shape index (κ3) is 3.55. The molecule has 2 heterocycles. The highest BCUT2D eigenvalue weighted by atomic mass is 35.5. The SMILES string of the molecule is Cc1cnn(CCNCc2coc(-c3ccccc3Cl)n2)c1. The Balaban J connectivity index is 1.53. The van der Waals surface area contributed by atoms with Crippen molar-refractivity contribution < 1.29 is 4.42 Å². The van der Waals surface area contributed by atoms with E-state index in [0.29, 0.717) is 17.5 Å². The van der Waals surface area contributed by atoms with Crippen LogP contribution in [0, 0.1) is 6.92 Å². The Morgan fingerprint density at radius 3 is 2.95 bits per heavy atom. The van der Waals surface area contributed by atoms with Crippen LogP contribution >= 0.6 is 11.6 Å². The summed E-state index contributed by atoms with van der Waals surface area (Å²) in [5.41, 5.74) is 2.83. The largest absolute Gasteiger partial charge is 0.444 e. The Morgan fingerprint density at radius 2 is 2.18 bits per heavy atom. The molecule has 0 spiro atoms. The summed E-state index contributed by atoms with van der Waals surface area (Å²) in [7, 11) is 0. The lowest BCUT2D eigenvalue weighted by molar-refractivity contribution is 0.546. The minimum atomic E-state index is 0.546. The number of rotatable bonds is 6. The van der Waals surface area contributed by atoms with Crippen LogP contribution in [-0.4, -0.2) is 21.3 Å². The second-order valence-electron chi connectivity index (χ2n) is 5.08. The first-order valence-electron chi connectivity index (χ1n) is 7.11. The van der Waals surface area contributed by atoms with Crippen molar-refractivity contribution >= 4 is 11.6 Å². The van der Waals surface area contributed by atoms with Gasteiger partial charge >= 0.3 is 0 Å². The minimum Gasteiger partial charge on any atom is -0.444 e. The molecule has 22 heavy (non-hydrogen) atoms. The van der Waals surface area contributed by atoms with Crippen molar-refractivity contribution in [2.45, 2.75) is 20.0 Å². The molecular weight excluding hydrogens is 300 g/mol. The number of aromatic nitrogens is 3. The van der Waals surface area contributed by atoms with E-state index < -0.39 is 0 Å². The van der Waals surface area contributed by atoms with Crippen LogP contribution < -0.4 is 5.32 Å². The van der Waals surface area contributed by atoms with Crippen molar-refractivity contribution in [3.8, 4) is 11.5 Å². The first kappa shape index (κ1) is 14.8. The molecule has 0 aliphatic heterocycles. The van der Waals surface area contributed by atoms with Gasteiger partial charge in [-0.25, -0.2) is 4.98 Å². The number of hydrogen-bond acceptors (Lipinski definition) is 4. The van der Waals surface area contributed by atoms with Gasteiger partial charge < -0.3 is 9.73 Å². The first-order valence-corrected chi connectivity index (χ1v) is 7.49. The fourth-order valence-corrected chi connectivity index (χ4v) is 2.36. The Bertz CT molecular complexity index is 750. The van der Waals surface area contributed by atoms with E-state index in [1.165, 1.54) is 5.56 Å². The highest BCUT2D eigenvalue weighted by Crippen LogP contribution is 2.26. The van der Waals surface area contributed by atoms with E-state index >= 15 is 0 Å². The van der Waals surface area contributed by atoms with Crippen molar-refractivity contribution in [3.05, 3.63) is 59.2 Å². The van der Waals surface area contributed by atoms with E-state index in [2.05, 4.69) is 15.4 Å². The molecule has 0 aliphatic rings. The van der Waals surface area contributed by atoms with E-state index in [4.69, 9.17) is 16.0 Å². The molecule has 114 valence electrons. The second kappa shape index (κ2) is 6.77. The van der Waals surface area contributed by atoms with Crippen LogP contribution in [0.25, 0.3) is 11.5 Å². The lowest BCUT2D eigenvalue weighted by atomic mass is 10.2. The van der Waals surface area contributed by atoms with Crippen LogP contribution in [0.4, 0.5) is 0 Å². The Kier molecular flexibility index (Phi) is 4.56. The third-order valence-electron chi connectivity index (χ3n) is 3.24. The number of oxazole rings is 1. The first-order chi connectivity index (χ1) is 10.7. The van der Waals surface area contributed by atoms with Crippen LogP contribution in [0.2, 0.25) is 5.02 Å². The molecule has 6 heteroatoms. The molecule has 2 aromatic heterocycles. The summed E-state index contributed by atoms with van der Waals surface area (Å²) in [5, 5.41) is 8.20. The van der Waals surface area contributed by atoms with Crippen molar-refractivity contribution in [3.63, 3.8) is 0 Å².